The fourth-order valence-electron chi connectivity index (χ4n) is 4.01. The summed E-state index contributed by atoms with van der Waals surface area (Å²) in [5.74, 6) is -3.10. The molecule has 11 nitrogen and oxygen atoms in total. The number of sulfonamides is 1. The van der Waals surface area contributed by atoms with Gasteiger partial charge in [-0.2, -0.15) is 0 Å². The van der Waals surface area contributed by atoms with Crippen molar-refractivity contribution in [1.82, 2.24) is 14.9 Å². The topological polar surface area (TPSA) is 170 Å². The molecule has 0 aliphatic rings. The van der Waals surface area contributed by atoms with Gasteiger partial charge in [0.05, 0.1) is 6.42 Å². The summed E-state index contributed by atoms with van der Waals surface area (Å²) >= 11 is 1.08. The predicted octanol–water partition coefficient (Wildman–Crippen LogP) is 3.53. The van der Waals surface area contributed by atoms with Crippen molar-refractivity contribution in [2.75, 3.05) is 7.05 Å². The standard InChI is InChI=1S/C26H35N3O8S2/c1-15(2)12-19-13-20(25(38-19)39(36,37)28-26(35)27-5)18-8-6-17(7-9-18)14-29(21(30)10-11-22(31)32)23(16(3)4)24(33)34/h6-9,13,15-16,23H,10-12,14H2,1-5H3,(H,31,32)(H,33,34)(H2,27,28,35)/t23-/m0/s1. The van der Waals surface area contributed by atoms with Crippen molar-refractivity contribution in [2.45, 2.75) is 63.8 Å². The Labute approximate surface area is 232 Å². The highest BCUT2D eigenvalue weighted by Gasteiger charge is 2.32. The summed E-state index contributed by atoms with van der Waals surface area (Å²) in [5.41, 5.74) is 1.56. The second-order valence-corrected chi connectivity index (χ2v) is 12.9. The summed E-state index contributed by atoms with van der Waals surface area (Å²) in [6.07, 6.45) is -0.113. The van der Waals surface area contributed by atoms with Crippen molar-refractivity contribution >= 4 is 45.2 Å². The van der Waals surface area contributed by atoms with Gasteiger partial charge in [-0.1, -0.05) is 52.0 Å². The van der Waals surface area contributed by atoms with Gasteiger partial charge in [0.15, 0.2) is 0 Å². The molecule has 1 aromatic heterocycles. The van der Waals surface area contributed by atoms with Crippen LogP contribution in [-0.4, -0.2) is 60.5 Å². The Balaban J connectivity index is 2.46. The number of rotatable bonds is 13. The van der Waals surface area contributed by atoms with Crippen molar-refractivity contribution in [3.63, 3.8) is 0 Å². The molecule has 2 aromatic rings. The number of carboxylic acids is 2. The van der Waals surface area contributed by atoms with E-state index >= 15 is 0 Å². The number of amides is 3. The molecular formula is C26H35N3O8S2. The maximum Gasteiger partial charge on any atom is 0.328 e. The molecule has 0 unspecified atom stereocenters. The number of urea groups is 1. The van der Waals surface area contributed by atoms with E-state index in [1.54, 1.807) is 44.2 Å². The van der Waals surface area contributed by atoms with Crippen molar-refractivity contribution in [3.8, 4) is 11.1 Å². The second-order valence-electron chi connectivity index (χ2n) is 9.84. The van der Waals surface area contributed by atoms with Gasteiger partial charge in [-0.3, -0.25) is 9.59 Å². The van der Waals surface area contributed by atoms with Crippen LogP contribution in [0.25, 0.3) is 11.1 Å². The van der Waals surface area contributed by atoms with Gasteiger partial charge >= 0.3 is 18.0 Å². The number of nitrogens with zero attached hydrogens (tertiary/aromatic N) is 1. The number of carbonyl (C=O) groups excluding carboxylic acids is 2. The normalized spacial score (nSPS) is 12.3. The fourth-order valence-corrected chi connectivity index (χ4v) is 6.92. The van der Waals surface area contributed by atoms with E-state index in [2.05, 4.69) is 5.32 Å². The first-order valence-electron chi connectivity index (χ1n) is 12.4. The Hall–Kier alpha value is -3.45. The Morgan fingerprint density at radius 1 is 1.00 bits per heavy atom. The molecule has 2 rings (SSSR count). The molecular weight excluding hydrogens is 546 g/mol. The highest BCUT2D eigenvalue weighted by molar-refractivity contribution is 7.92. The van der Waals surface area contributed by atoms with E-state index in [1.807, 2.05) is 18.6 Å². The highest BCUT2D eigenvalue weighted by atomic mass is 32.2. The molecule has 0 radical (unpaired) electrons. The molecule has 0 bridgehead atoms. The van der Waals surface area contributed by atoms with Gasteiger partial charge in [-0.15, -0.1) is 11.3 Å². The molecule has 1 heterocycles. The fraction of sp³-hybridized carbons (Fsp3) is 0.462. The smallest absolute Gasteiger partial charge is 0.328 e. The zero-order valence-electron chi connectivity index (χ0n) is 22.6. The van der Waals surface area contributed by atoms with Gasteiger partial charge in [0, 0.05) is 30.5 Å². The average Bonchev–Trinajstić information content (AvgIpc) is 3.25. The van der Waals surface area contributed by atoms with Crippen LogP contribution >= 0.6 is 11.3 Å². The van der Waals surface area contributed by atoms with Crippen LogP contribution in [-0.2, 0) is 37.4 Å². The number of hydrogen-bond donors (Lipinski definition) is 4. The number of carboxylic acid groups (broad SMARTS) is 2. The van der Waals surface area contributed by atoms with Crippen LogP contribution in [0.1, 0.15) is 51.0 Å². The largest absolute Gasteiger partial charge is 0.481 e. The van der Waals surface area contributed by atoms with Gasteiger partial charge in [-0.05, 0) is 35.4 Å². The predicted molar refractivity (Wildman–Crippen MR) is 147 cm³/mol. The second kappa shape index (κ2) is 13.6. The van der Waals surface area contributed by atoms with E-state index in [-0.39, 0.29) is 23.1 Å². The number of nitrogens with one attached hydrogen (secondary N) is 2. The van der Waals surface area contributed by atoms with E-state index in [0.29, 0.717) is 23.1 Å². The lowest BCUT2D eigenvalue weighted by Crippen LogP contribution is -2.47. The minimum Gasteiger partial charge on any atom is -0.481 e. The molecule has 4 N–H and O–H groups in total. The summed E-state index contributed by atoms with van der Waals surface area (Å²) in [5, 5.41) is 21.0. The molecule has 0 aliphatic carbocycles. The molecule has 0 spiro atoms. The molecule has 0 saturated carbocycles. The lowest BCUT2D eigenvalue weighted by Gasteiger charge is -2.31. The van der Waals surface area contributed by atoms with Gasteiger partial charge < -0.3 is 20.4 Å². The molecule has 0 saturated heterocycles. The SMILES string of the molecule is CNC(=O)NS(=O)(=O)c1sc(CC(C)C)cc1-c1ccc(CN(C(=O)CCC(=O)O)[C@H](C(=O)O)C(C)C)cc1. The lowest BCUT2D eigenvalue weighted by molar-refractivity contribution is -0.153. The van der Waals surface area contributed by atoms with E-state index in [4.69, 9.17) is 5.11 Å². The Morgan fingerprint density at radius 3 is 2.10 bits per heavy atom. The molecule has 214 valence electrons. The summed E-state index contributed by atoms with van der Waals surface area (Å²) in [7, 11) is -2.85. The maximum atomic E-state index is 13.0. The van der Waals surface area contributed by atoms with Crippen molar-refractivity contribution in [1.29, 1.82) is 0 Å². The van der Waals surface area contributed by atoms with Crippen molar-refractivity contribution < 1.29 is 37.8 Å². The molecule has 3 amide bonds. The summed E-state index contributed by atoms with van der Waals surface area (Å²) in [6, 6.07) is 6.41. The van der Waals surface area contributed by atoms with Crippen LogP contribution in [0.15, 0.2) is 34.5 Å². The number of benzene rings is 1. The summed E-state index contributed by atoms with van der Waals surface area (Å²) in [6.45, 7) is 7.28. The van der Waals surface area contributed by atoms with Crippen LogP contribution in [0.3, 0.4) is 0 Å². The van der Waals surface area contributed by atoms with Crippen LogP contribution in [0, 0.1) is 11.8 Å². The number of thiophene rings is 1. The van der Waals surface area contributed by atoms with E-state index in [0.717, 1.165) is 16.2 Å². The summed E-state index contributed by atoms with van der Waals surface area (Å²) in [4.78, 5) is 49.5. The Morgan fingerprint density at radius 2 is 1.62 bits per heavy atom. The van der Waals surface area contributed by atoms with Gasteiger partial charge in [0.1, 0.15) is 10.3 Å². The van der Waals surface area contributed by atoms with Crippen molar-refractivity contribution in [3.05, 3.63) is 40.8 Å². The zero-order chi connectivity index (χ0) is 29.5. The zero-order valence-corrected chi connectivity index (χ0v) is 24.2. The van der Waals surface area contributed by atoms with Gasteiger partial charge in [0.25, 0.3) is 10.0 Å². The molecule has 13 heteroatoms. The summed E-state index contributed by atoms with van der Waals surface area (Å²) < 4.78 is 28.0. The van der Waals surface area contributed by atoms with Gasteiger partial charge in [-0.25, -0.2) is 22.7 Å². The monoisotopic (exact) mass is 581 g/mol. The van der Waals surface area contributed by atoms with Crippen LogP contribution in [0.2, 0.25) is 0 Å². The molecule has 0 aliphatic heterocycles. The third kappa shape index (κ3) is 8.79. The van der Waals surface area contributed by atoms with E-state index in [1.165, 1.54) is 11.9 Å². The average molecular weight is 582 g/mol. The number of aliphatic carboxylic acids is 2. The van der Waals surface area contributed by atoms with Crippen LogP contribution < -0.4 is 10.0 Å². The Kier molecular flexibility index (Phi) is 11.0. The third-order valence-corrected chi connectivity index (χ3v) is 8.79. The first kappa shape index (κ1) is 31.8. The highest BCUT2D eigenvalue weighted by Crippen LogP contribution is 2.36. The molecule has 1 atom stereocenters. The first-order chi connectivity index (χ1) is 18.2. The quantitative estimate of drug-likeness (QED) is 0.278. The lowest BCUT2D eigenvalue weighted by atomic mass is 10.00. The molecule has 1 aromatic carbocycles. The number of hydrogen-bond acceptors (Lipinski definition) is 7. The third-order valence-electron chi connectivity index (χ3n) is 5.77. The number of carbonyl (C=O) groups is 4. The van der Waals surface area contributed by atoms with Gasteiger partial charge in [0.2, 0.25) is 5.91 Å². The minimum absolute atomic E-state index is 0.00859. The minimum atomic E-state index is -4.16. The first-order valence-corrected chi connectivity index (χ1v) is 14.7. The molecule has 0 fully saturated rings. The Bertz CT molecular complexity index is 1300. The maximum absolute atomic E-state index is 13.0. The van der Waals surface area contributed by atoms with Crippen LogP contribution in [0.4, 0.5) is 4.79 Å². The molecule has 39 heavy (non-hydrogen) atoms. The van der Waals surface area contributed by atoms with Crippen LogP contribution in [0.5, 0.6) is 0 Å². The van der Waals surface area contributed by atoms with E-state index in [9.17, 15) is 32.7 Å². The van der Waals surface area contributed by atoms with E-state index < -0.39 is 52.3 Å². The van der Waals surface area contributed by atoms with Crippen molar-refractivity contribution in [2.24, 2.45) is 11.8 Å².